The van der Waals surface area contributed by atoms with Crippen LogP contribution < -0.4 is 15.4 Å². The highest BCUT2D eigenvalue weighted by atomic mass is 16.5. The molecule has 1 unspecified atom stereocenters. The monoisotopic (exact) mass is 446 g/mol. The summed E-state index contributed by atoms with van der Waals surface area (Å²) in [5, 5.41) is 5.28. The van der Waals surface area contributed by atoms with E-state index in [9.17, 15) is 14.4 Å². The lowest BCUT2D eigenvalue weighted by atomic mass is 10.1. The lowest BCUT2D eigenvalue weighted by Gasteiger charge is -2.19. The number of rotatable bonds is 9. The van der Waals surface area contributed by atoms with Crippen LogP contribution >= 0.6 is 0 Å². The molecule has 7 nitrogen and oxygen atoms in total. The van der Waals surface area contributed by atoms with Gasteiger partial charge >= 0.3 is 5.97 Å². The standard InChI is InChI=1S/C26H26N2O5/c1-18-13-14-19(2)22(15-18)28-26(31)25(20-9-5-3-6-10-20)33-24(30)16-27-23(29)17-32-21-11-7-4-8-12-21/h3-15,25H,16-17H2,1-2H3,(H,27,29)(H,28,31). The van der Waals surface area contributed by atoms with Crippen LogP contribution in [0.3, 0.4) is 0 Å². The topological polar surface area (TPSA) is 93.7 Å². The molecule has 0 aliphatic rings. The van der Waals surface area contributed by atoms with Crippen molar-refractivity contribution in [2.24, 2.45) is 0 Å². The number of aryl methyl sites for hydroxylation is 2. The molecule has 0 heterocycles. The van der Waals surface area contributed by atoms with Crippen molar-refractivity contribution in [3.8, 4) is 5.75 Å². The van der Waals surface area contributed by atoms with Gasteiger partial charge in [0, 0.05) is 11.3 Å². The van der Waals surface area contributed by atoms with Crippen molar-refractivity contribution in [2.75, 3.05) is 18.5 Å². The molecule has 3 rings (SSSR count). The molecule has 0 aliphatic carbocycles. The molecule has 1 atom stereocenters. The number of carbonyl (C=O) groups is 3. The molecule has 7 heteroatoms. The van der Waals surface area contributed by atoms with Gasteiger partial charge in [-0.05, 0) is 43.2 Å². The third-order valence-corrected chi connectivity index (χ3v) is 4.78. The van der Waals surface area contributed by atoms with E-state index < -0.39 is 30.4 Å². The van der Waals surface area contributed by atoms with Crippen molar-refractivity contribution in [1.82, 2.24) is 5.32 Å². The van der Waals surface area contributed by atoms with Crippen LogP contribution in [-0.4, -0.2) is 30.9 Å². The lowest BCUT2D eigenvalue weighted by molar-refractivity contribution is -0.154. The number of benzene rings is 3. The molecule has 0 aromatic heterocycles. The Bertz CT molecular complexity index is 1100. The lowest BCUT2D eigenvalue weighted by Crippen LogP contribution is -2.36. The summed E-state index contributed by atoms with van der Waals surface area (Å²) in [5.74, 6) is -1.16. The average Bonchev–Trinajstić information content (AvgIpc) is 2.83. The Morgan fingerprint density at radius 2 is 1.55 bits per heavy atom. The maximum atomic E-state index is 13.0. The third kappa shape index (κ3) is 7.21. The van der Waals surface area contributed by atoms with Crippen molar-refractivity contribution >= 4 is 23.5 Å². The number of ether oxygens (including phenoxy) is 2. The van der Waals surface area contributed by atoms with Crippen molar-refractivity contribution in [3.05, 3.63) is 95.6 Å². The number of hydrogen-bond donors (Lipinski definition) is 2. The van der Waals surface area contributed by atoms with Crippen LogP contribution in [0, 0.1) is 13.8 Å². The molecule has 2 amide bonds. The van der Waals surface area contributed by atoms with E-state index >= 15 is 0 Å². The first-order chi connectivity index (χ1) is 15.9. The van der Waals surface area contributed by atoms with E-state index in [-0.39, 0.29) is 6.61 Å². The van der Waals surface area contributed by atoms with E-state index in [1.165, 1.54) is 0 Å². The van der Waals surface area contributed by atoms with Crippen molar-refractivity contribution < 1.29 is 23.9 Å². The van der Waals surface area contributed by atoms with Gasteiger partial charge in [0.2, 0.25) is 6.10 Å². The summed E-state index contributed by atoms with van der Waals surface area (Å²) in [6, 6.07) is 23.3. The molecular formula is C26H26N2O5. The molecule has 0 fully saturated rings. The first kappa shape index (κ1) is 23.5. The fraction of sp³-hybridized carbons (Fsp3) is 0.192. The maximum Gasteiger partial charge on any atom is 0.326 e. The summed E-state index contributed by atoms with van der Waals surface area (Å²) >= 11 is 0. The van der Waals surface area contributed by atoms with Gasteiger partial charge in [-0.3, -0.25) is 14.4 Å². The van der Waals surface area contributed by atoms with Gasteiger partial charge in [0.1, 0.15) is 12.3 Å². The van der Waals surface area contributed by atoms with Crippen LogP contribution in [-0.2, 0) is 19.1 Å². The zero-order valence-electron chi connectivity index (χ0n) is 18.5. The van der Waals surface area contributed by atoms with E-state index in [0.29, 0.717) is 17.0 Å². The Hall–Kier alpha value is -4.13. The summed E-state index contributed by atoms with van der Waals surface area (Å²) in [6.07, 6.45) is -1.17. The largest absolute Gasteiger partial charge is 0.484 e. The first-order valence-corrected chi connectivity index (χ1v) is 10.5. The van der Waals surface area contributed by atoms with Crippen LogP contribution in [0.2, 0.25) is 0 Å². The molecule has 0 saturated carbocycles. The first-order valence-electron chi connectivity index (χ1n) is 10.5. The summed E-state index contributed by atoms with van der Waals surface area (Å²) in [5.41, 5.74) is 3.04. The number of para-hydroxylation sites is 1. The Morgan fingerprint density at radius 1 is 0.879 bits per heavy atom. The normalized spacial score (nSPS) is 11.2. The van der Waals surface area contributed by atoms with E-state index in [1.807, 2.05) is 38.1 Å². The van der Waals surface area contributed by atoms with E-state index in [0.717, 1.165) is 11.1 Å². The predicted molar refractivity (Wildman–Crippen MR) is 125 cm³/mol. The molecule has 3 aromatic rings. The number of nitrogens with one attached hydrogen (secondary N) is 2. The van der Waals surface area contributed by atoms with Gasteiger partial charge < -0.3 is 20.1 Å². The molecule has 0 bridgehead atoms. The van der Waals surface area contributed by atoms with E-state index in [4.69, 9.17) is 9.47 Å². The molecule has 0 radical (unpaired) electrons. The summed E-state index contributed by atoms with van der Waals surface area (Å²) in [7, 11) is 0. The van der Waals surface area contributed by atoms with Gasteiger partial charge in [0.15, 0.2) is 6.61 Å². The van der Waals surface area contributed by atoms with Crippen LogP contribution in [0.15, 0.2) is 78.9 Å². The van der Waals surface area contributed by atoms with Gasteiger partial charge in [-0.1, -0.05) is 60.7 Å². The summed E-state index contributed by atoms with van der Waals surface area (Å²) in [4.78, 5) is 37.4. The zero-order valence-corrected chi connectivity index (χ0v) is 18.5. The molecule has 0 saturated heterocycles. The van der Waals surface area contributed by atoms with Gasteiger partial charge in [0.05, 0.1) is 0 Å². The Labute approximate surface area is 192 Å². The van der Waals surface area contributed by atoms with Crippen molar-refractivity contribution in [2.45, 2.75) is 20.0 Å². The van der Waals surface area contributed by atoms with Crippen LogP contribution in [0.5, 0.6) is 5.75 Å². The molecular weight excluding hydrogens is 420 g/mol. The third-order valence-electron chi connectivity index (χ3n) is 4.78. The van der Waals surface area contributed by atoms with Gasteiger partial charge in [0.25, 0.3) is 11.8 Å². The highest BCUT2D eigenvalue weighted by molar-refractivity contribution is 5.97. The Morgan fingerprint density at radius 3 is 2.24 bits per heavy atom. The fourth-order valence-electron chi connectivity index (χ4n) is 3.03. The second-order valence-electron chi connectivity index (χ2n) is 7.47. The highest BCUT2D eigenvalue weighted by Crippen LogP contribution is 2.22. The Balaban J connectivity index is 1.60. The highest BCUT2D eigenvalue weighted by Gasteiger charge is 2.25. The van der Waals surface area contributed by atoms with Gasteiger partial charge in [-0.2, -0.15) is 0 Å². The number of carbonyl (C=O) groups excluding carboxylic acids is 3. The molecule has 2 N–H and O–H groups in total. The Kier molecular flexibility index (Phi) is 8.18. The summed E-state index contributed by atoms with van der Waals surface area (Å²) in [6.45, 7) is 3.17. The predicted octanol–water partition coefficient (Wildman–Crippen LogP) is 3.72. The molecule has 3 aromatic carbocycles. The number of hydrogen-bond acceptors (Lipinski definition) is 5. The number of amides is 2. The maximum absolute atomic E-state index is 13.0. The molecule has 33 heavy (non-hydrogen) atoms. The van der Waals surface area contributed by atoms with Crippen LogP contribution in [0.1, 0.15) is 22.8 Å². The van der Waals surface area contributed by atoms with E-state index in [2.05, 4.69) is 10.6 Å². The van der Waals surface area contributed by atoms with Gasteiger partial charge in [-0.25, -0.2) is 0 Å². The number of esters is 1. The average molecular weight is 447 g/mol. The second-order valence-corrected chi connectivity index (χ2v) is 7.47. The minimum Gasteiger partial charge on any atom is -0.484 e. The minimum atomic E-state index is -1.17. The molecule has 0 spiro atoms. The SMILES string of the molecule is Cc1ccc(C)c(NC(=O)C(OC(=O)CNC(=O)COc2ccccc2)c2ccccc2)c1. The van der Waals surface area contributed by atoms with Crippen molar-refractivity contribution in [1.29, 1.82) is 0 Å². The minimum absolute atomic E-state index is 0.244. The van der Waals surface area contributed by atoms with Gasteiger partial charge in [-0.15, -0.1) is 0 Å². The van der Waals surface area contributed by atoms with Crippen LogP contribution in [0.25, 0.3) is 0 Å². The van der Waals surface area contributed by atoms with E-state index in [1.54, 1.807) is 54.6 Å². The second kappa shape index (κ2) is 11.5. The smallest absolute Gasteiger partial charge is 0.326 e. The zero-order chi connectivity index (χ0) is 23.6. The fourth-order valence-corrected chi connectivity index (χ4v) is 3.03. The molecule has 0 aliphatic heterocycles. The summed E-state index contributed by atoms with van der Waals surface area (Å²) < 4.78 is 10.8. The quantitative estimate of drug-likeness (QED) is 0.489. The number of anilines is 1. The van der Waals surface area contributed by atoms with Crippen LogP contribution in [0.4, 0.5) is 5.69 Å². The molecule has 170 valence electrons. The van der Waals surface area contributed by atoms with Crippen molar-refractivity contribution in [3.63, 3.8) is 0 Å².